The standard InChI is InChI=1S/C2H7NO3.C2H6O3S/c3-1-2(4,5)6;1-2-6(3,4)5/h4-6H,1,3H2;2H2,1H3,(H,3,4,5). The molecule has 0 aromatic carbocycles. The van der Waals surface area contributed by atoms with E-state index in [4.69, 9.17) is 19.9 Å². The summed E-state index contributed by atoms with van der Waals surface area (Å²) in [4.78, 5) is 0. The van der Waals surface area contributed by atoms with E-state index >= 15 is 0 Å². The highest BCUT2D eigenvalue weighted by Gasteiger charge is 2.12. The molecule has 0 fully saturated rings. The first-order chi connectivity index (χ1) is 5.12. The molecule has 0 radical (unpaired) electrons. The molecule has 0 saturated carbocycles. The number of nitrogens with two attached hydrogens (primary N) is 1. The van der Waals surface area contributed by atoms with E-state index in [9.17, 15) is 8.42 Å². The predicted octanol–water partition coefficient (Wildman–Crippen LogP) is -2.53. The van der Waals surface area contributed by atoms with Gasteiger partial charge in [-0.1, -0.05) is 0 Å². The van der Waals surface area contributed by atoms with E-state index in [-0.39, 0.29) is 5.75 Å². The smallest absolute Gasteiger partial charge is 0.288 e. The molecular formula is C4H13NO6S. The number of rotatable bonds is 2. The zero-order valence-corrected chi connectivity index (χ0v) is 7.32. The molecule has 76 valence electrons. The van der Waals surface area contributed by atoms with Crippen LogP contribution >= 0.6 is 0 Å². The molecule has 0 aliphatic heterocycles. The first-order valence-corrected chi connectivity index (χ1v) is 4.55. The largest absolute Gasteiger partial charge is 0.343 e. The van der Waals surface area contributed by atoms with Gasteiger partial charge in [0.2, 0.25) is 0 Å². The fourth-order valence-corrected chi connectivity index (χ4v) is 0. The molecule has 0 amide bonds. The lowest BCUT2D eigenvalue weighted by Gasteiger charge is -2.07. The maximum Gasteiger partial charge on any atom is 0.288 e. The van der Waals surface area contributed by atoms with Crippen LogP contribution < -0.4 is 5.73 Å². The van der Waals surface area contributed by atoms with Gasteiger partial charge < -0.3 is 21.1 Å². The van der Waals surface area contributed by atoms with Gasteiger partial charge in [-0.05, 0) is 6.92 Å². The molecule has 0 aliphatic carbocycles. The van der Waals surface area contributed by atoms with Crippen molar-refractivity contribution < 1.29 is 28.3 Å². The van der Waals surface area contributed by atoms with E-state index in [2.05, 4.69) is 5.73 Å². The molecule has 0 atom stereocenters. The average molecular weight is 203 g/mol. The molecule has 6 N–H and O–H groups in total. The molecule has 0 spiro atoms. The van der Waals surface area contributed by atoms with Crippen molar-refractivity contribution in [3.05, 3.63) is 0 Å². The van der Waals surface area contributed by atoms with Gasteiger partial charge >= 0.3 is 0 Å². The Balaban J connectivity index is 0. The number of hydrogen-bond acceptors (Lipinski definition) is 6. The Morgan fingerprint density at radius 2 is 1.50 bits per heavy atom. The topological polar surface area (TPSA) is 141 Å². The second-order valence-electron chi connectivity index (χ2n) is 1.85. The third-order valence-corrected chi connectivity index (χ3v) is 1.37. The van der Waals surface area contributed by atoms with Crippen molar-refractivity contribution in [2.75, 3.05) is 12.3 Å². The van der Waals surface area contributed by atoms with Gasteiger partial charge in [0.05, 0.1) is 12.3 Å². The van der Waals surface area contributed by atoms with Crippen LogP contribution in [0.5, 0.6) is 0 Å². The zero-order chi connectivity index (χ0) is 10.4. The summed E-state index contributed by atoms with van der Waals surface area (Å²) in [5.41, 5.74) is 4.56. The Hall–Kier alpha value is -0.250. The molecule has 0 unspecified atom stereocenters. The normalized spacial score (nSPS) is 11.8. The molecule has 0 aliphatic rings. The lowest BCUT2D eigenvalue weighted by atomic mass is 10.6. The molecule has 7 nitrogen and oxygen atoms in total. The quantitative estimate of drug-likeness (QED) is 0.246. The number of hydrogen-bond donors (Lipinski definition) is 5. The van der Waals surface area contributed by atoms with Crippen LogP contribution in [0.2, 0.25) is 0 Å². The van der Waals surface area contributed by atoms with Crippen LogP contribution in [-0.2, 0) is 10.1 Å². The van der Waals surface area contributed by atoms with Gasteiger partial charge in [-0.15, -0.1) is 0 Å². The lowest BCUT2D eigenvalue weighted by molar-refractivity contribution is -0.302. The minimum atomic E-state index is -3.66. The van der Waals surface area contributed by atoms with Crippen molar-refractivity contribution in [3.8, 4) is 0 Å². The maximum atomic E-state index is 9.56. The molecule has 8 heteroatoms. The molecule has 0 aromatic heterocycles. The summed E-state index contributed by atoms with van der Waals surface area (Å²) >= 11 is 0. The van der Waals surface area contributed by atoms with Crippen LogP contribution in [0.4, 0.5) is 0 Å². The van der Waals surface area contributed by atoms with Gasteiger partial charge in [0, 0.05) is 0 Å². The highest BCUT2D eigenvalue weighted by atomic mass is 32.2. The SMILES string of the molecule is CCS(=O)(=O)O.NCC(O)(O)O. The summed E-state index contributed by atoms with van der Waals surface area (Å²) in [7, 11) is -3.66. The Bertz CT molecular complexity index is 192. The third-order valence-electron chi connectivity index (χ3n) is 0.639. The van der Waals surface area contributed by atoms with Crippen LogP contribution in [-0.4, -0.2) is 46.6 Å². The molecule has 0 rings (SSSR count). The van der Waals surface area contributed by atoms with Crippen molar-refractivity contribution >= 4 is 10.1 Å². The molecular weight excluding hydrogens is 190 g/mol. The van der Waals surface area contributed by atoms with Crippen molar-refractivity contribution in [3.63, 3.8) is 0 Å². The Labute approximate surface area is 70.2 Å². The fraction of sp³-hybridized carbons (Fsp3) is 1.00. The first kappa shape index (κ1) is 14.3. The zero-order valence-electron chi connectivity index (χ0n) is 6.51. The van der Waals surface area contributed by atoms with Crippen LogP contribution in [0.3, 0.4) is 0 Å². The van der Waals surface area contributed by atoms with Crippen molar-refractivity contribution in [2.24, 2.45) is 5.73 Å². The highest BCUT2D eigenvalue weighted by molar-refractivity contribution is 7.85. The van der Waals surface area contributed by atoms with Crippen LogP contribution in [0.25, 0.3) is 0 Å². The summed E-state index contributed by atoms with van der Waals surface area (Å²) < 4.78 is 26.9. The Morgan fingerprint density at radius 1 is 1.33 bits per heavy atom. The van der Waals surface area contributed by atoms with Gasteiger partial charge in [0.25, 0.3) is 16.1 Å². The van der Waals surface area contributed by atoms with Crippen LogP contribution in [0, 0.1) is 0 Å². The van der Waals surface area contributed by atoms with Gasteiger partial charge in [-0.3, -0.25) is 4.55 Å². The van der Waals surface area contributed by atoms with Crippen molar-refractivity contribution in [1.29, 1.82) is 0 Å². The summed E-state index contributed by atoms with van der Waals surface area (Å²) in [5.74, 6) is -2.88. The monoisotopic (exact) mass is 203 g/mol. The fourth-order valence-electron chi connectivity index (χ4n) is 0. The molecule has 12 heavy (non-hydrogen) atoms. The molecule has 0 aromatic rings. The lowest BCUT2D eigenvalue weighted by Crippen LogP contribution is -2.36. The molecule has 0 bridgehead atoms. The van der Waals surface area contributed by atoms with Gasteiger partial charge in [0.15, 0.2) is 0 Å². The molecule has 0 heterocycles. The summed E-state index contributed by atoms with van der Waals surface area (Å²) in [5, 5.41) is 23.4. The predicted molar refractivity (Wildman–Crippen MR) is 40.5 cm³/mol. The number of aliphatic hydroxyl groups is 3. The maximum absolute atomic E-state index is 9.56. The second-order valence-corrected chi connectivity index (χ2v) is 3.59. The van der Waals surface area contributed by atoms with Gasteiger partial charge in [-0.25, -0.2) is 0 Å². The average Bonchev–Trinajstić information content (AvgIpc) is 1.86. The Morgan fingerprint density at radius 3 is 1.50 bits per heavy atom. The minimum Gasteiger partial charge on any atom is -0.343 e. The van der Waals surface area contributed by atoms with E-state index in [0.29, 0.717) is 0 Å². The summed E-state index contributed by atoms with van der Waals surface area (Å²) in [6.07, 6.45) is 0. The summed E-state index contributed by atoms with van der Waals surface area (Å²) in [6.45, 7) is 0.808. The minimum absolute atomic E-state index is 0.201. The van der Waals surface area contributed by atoms with Gasteiger partial charge in [-0.2, -0.15) is 8.42 Å². The van der Waals surface area contributed by atoms with Crippen LogP contribution in [0.15, 0.2) is 0 Å². The first-order valence-electron chi connectivity index (χ1n) is 2.94. The van der Waals surface area contributed by atoms with Crippen molar-refractivity contribution in [2.45, 2.75) is 12.9 Å². The Kier molecular flexibility index (Phi) is 6.43. The van der Waals surface area contributed by atoms with Gasteiger partial charge in [0.1, 0.15) is 0 Å². The molecule has 0 saturated heterocycles. The highest BCUT2D eigenvalue weighted by Crippen LogP contribution is 1.82. The van der Waals surface area contributed by atoms with E-state index < -0.39 is 22.6 Å². The van der Waals surface area contributed by atoms with Crippen LogP contribution in [0.1, 0.15) is 6.92 Å². The second kappa shape index (κ2) is 5.41. The third kappa shape index (κ3) is 22.6. The van der Waals surface area contributed by atoms with E-state index in [1.54, 1.807) is 0 Å². The van der Waals surface area contributed by atoms with E-state index in [0.717, 1.165) is 0 Å². The van der Waals surface area contributed by atoms with Crippen molar-refractivity contribution in [1.82, 2.24) is 0 Å². The van der Waals surface area contributed by atoms with E-state index in [1.165, 1.54) is 6.92 Å². The van der Waals surface area contributed by atoms with E-state index in [1.807, 2.05) is 0 Å². The summed E-state index contributed by atoms with van der Waals surface area (Å²) in [6, 6.07) is 0.